The van der Waals surface area contributed by atoms with Gasteiger partial charge in [-0.3, -0.25) is 14.6 Å². The van der Waals surface area contributed by atoms with Crippen molar-refractivity contribution in [1.29, 1.82) is 0 Å². The molecule has 2 saturated heterocycles. The van der Waals surface area contributed by atoms with E-state index in [0.717, 1.165) is 16.7 Å². The zero-order chi connectivity index (χ0) is 32.4. The van der Waals surface area contributed by atoms with Crippen molar-refractivity contribution in [2.75, 3.05) is 52.5 Å². The summed E-state index contributed by atoms with van der Waals surface area (Å²) in [7, 11) is 0. The average Bonchev–Trinajstić information content (AvgIpc) is 3.54. The number of hydrogen-bond acceptors (Lipinski definition) is 7. The molecule has 3 aromatic rings. The molecule has 5 rings (SSSR count). The topological polar surface area (TPSA) is 79.4 Å². The van der Waals surface area contributed by atoms with Gasteiger partial charge in [0.2, 0.25) is 0 Å². The highest BCUT2D eigenvalue weighted by Crippen LogP contribution is 2.52. The Bertz CT molecular complexity index is 1380. The second-order valence-corrected chi connectivity index (χ2v) is 12.9. The number of piperazine rings is 1. The third-order valence-corrected chi connectivity index (χ3v) is 10.1. The first-order valence-corrected chi connectivity index (χ1v) is 16.5. The van der Waals surface area contributed by atoms with Gasteiger partial charge < -0.3 is 14.4 Å². The van der Waals surface area contributed by atoms with Crippen LogP contribution >= 0.6 is 11.8 Å². The van der Waals surface area contributed by atoms with Crippen molar-refractivity contribution in [3.63, 3.8) is 0 Å². The smallest absolute Gasteiger partial charge is 0.410 e. The highest BCUT2D eigenvalue weighted by Gasteiger charge is 2.46. The van der Waals surface area contributed by atoms with Gasteiger partial charge in [-0.15, -0.1) is 11.8 Å². The number of nitrogens with zero attached hydrogens (tertiary/aromatic N) is 3. The molecule has 9 heteroatoms. The molecule has 240 valence electrons. The summed E-state index contributed by atoms with van der Waals surface area (Å²) in [6.45, 7) is 10.1. The van der Waals surface area contributed by atoms with Gasteiger partial charge in [0, 0.05) is 38.0 Å². The first-order valence-electron chi connectivity index (χ1n) is 15.6. The largest absolute Gasteiger partial charge is 0.445 e. The lowest BCUT2D eigenvalue weighted by Crippen LogP contribution is -2.52. The molecule has 0 radical (unpaired) electrons. The molecule has 8 nitrogen and oxygen atoms in total. The van der Waals surface area contributed by atoms with Crippen LogP contribution in [0.4, 0.5) is 9.59 Å². The van der Waals surface area contributed by atoms with E-state index in [9.17, 15) is 14.4 Å². The molecule has 0 aliphatic carbocycles. The summed E-state index contributed by atoms with van der Waals surface area (Å²) in [5, 5.41) is -0.0673. The van der Waals surface area contributed by atoms with Crippen molar-refractivity contribution in [3.05, 3.63) is 133 Å². The van der Waals surface area contributed by atoms with Crippen LogP contribution < -0.4 is 0 Å². The number of ether oxygens (including phenoxy) is 2. The summed E-state index contributed by atoms with van der Waals surface area (Å²) < 4.78 is 10.1. The highest BCUT2D eigenvalue weighted by atomic mass is 32.2. The minimum Gasteiger partial charge on any atom is -0.445 e. The lowest BCUT2D eigenvalue weighted by molar-refractivity contribution is -0.124. The normalized spacial score (nSPS) is 18.5. The number of carbonyl (C=O) groups is 3. The number of carbonyl (C=O) groups excluding carboxylic acids is 3. The van der Waals surface area contributed by atoms with Crippen LogP contribution in [0.15, 0.2) is 116 Å². The SMILES string of the molecule is C=CCOC(=O)N1CCN(CC(=O)[C@@H]2C[C@H](SC(c3ccccc3)(c3ccccc3)c3ccccc3)CN2C(=O)OCC=C)CC1. The standard InChI is InChI=1S/C37H41N3O5S/c1-3-24-44-35(42)39-22-20-38(21-23-39)28-34(41)33-26-32(27-40(33)36(43)45-25-4-2)46-37(29-14-8-5-9-15-29,30-16-10-6-11-17-30)31-18-12-7-13-19-31/h3-19,32-33H,1-2,20-28H2/t32-,33-/m0/s1. The fraction of sp³-hybridized carbons (Fsp3) is 0.324. The van der Waals surface area contributed by atoms with Crippen molar-refractivity contribution in [2.24, 2.45) is 0 Å². The molecule has 0 aromatic heterocycles. The minimum absolute atomic E-state index is 0.0360. The first-order chi connectivity index (χ1) is 22.5. The number of benzene rings is 3. The zero-order valence-electron chi connectivity index (χ0n) is 26.0. The van der Waals surface area contributed by atoms with E-state index in [-0.39, 0.29) is 36.9 Å². The third-order valence-electron chi connectivity index (χ3n) is 8.41. The number of likely N-dealkylation sites (tertiary alicyclic amines) is 1. The van der Waals surface area contributed by atoms with E-state index in [0.29, 0.717) is 39.1 Å². The van der Waals surface area contributed by atoms with Gasteiger partial charge in [0.1, 0.15) is 13.2 Å². The third kappa shape index (κ3) is 7.54. The molecular weight excluding hydrogens is 598 g/mol. The van der Waals surface area contributed by atoms with Gasteiger partial charge in [0.25, 0.3) is 0 Å². The molecule has 46 heavy (non-hydrogen) atoms. The van der Waals surface area contributed by atoms with Gasteiger partial charge in [-0.1, -0.05) is 116 Å². The average molecular weight is 640 g/mol. The Balaban J connectivity index is 1.40. The van der Waals surface area contributed by atoms with Crippen molar-refractivity contribution in [2.45, 2.75) is 22.5 Å². The maximum absolute atomic E-state index is 13.9. The Morgan fingerprint density at radius 3 is 1.70 bits per heavy atom. The molecule has 2 heterocycles. The van der Waals surface area contributed by atoms with Crippen LogP contribution in [0.25, 0.3) is 0 Å². The number of Topliss-reactive ketones (excluding diaryl/α,β-unsaturated/α-hetero) is 1. The van der Waals surface area contributed by atoms with Crippen LogP contribution in [-0.4, -0.2) is 96.4 Å². The van der Waals surface area contributed by atoms with Crippen LogP contribution in [-0.2, 0) is 19.0 Å². The predicted molar refractivity (Wildman–Crippen MR) is 182 cm³/mol. The second kappa shape index (κ2) is 15.8. The van der Waals surface area contributed by atoms with E-state index in [1.54, 1.807) is 21.6 Å². The van der Waals surface area contributed by atoms with Crippen LogP contribution in [0.3, 0.4) is 0 Å². The van der Waals surface area contributed by atoms with E-state index < -0.39 is 16.9 Å². The Morgan fingerprint density at radius 2 is 1.22 bits per heavy atom. The Morgan fingerprint density at radius 1 is 0.739 bits per heavy atom. The fourth-order valence-electron chi connectivity index (χ4n) is 6.21. The summed E-state index contributed by atoms with van der Waals surface area (Å²) in [6.07, 6.45) is 2.67. The summed E-state index contributed by atoms with van der Waals surface area (Å²) >= 11 is 1.78. The van der Waals surface area contributed by atoms with Gasteiger partial charge in [-0.25, -0.2) is 9.59 Å². The number of thioether (sulfide) groups is 1. The maximum Gasteiger partial charge on any atom is 0.410 e. The maximum atomic E-state index is 13.9. The Hall–Kier alpha value is -4.34. The Kier molecular flexibility index (Phi) is 11.3. The van der Waals surface area contributed by atoms with Crippen LogP contribution in [0, 0.1) is 0 Å². The molecule has 0 spiro atoms. The first kappa shape index (κ1) is 33.0. The molecule has 2 amide bonds. The number of rotatable bonds is 12. The van der Waals surface area contributed by atoms with Crippen molar-refractivity contribution in [1.82, 2.24) is 14.7 Å². The van der Waals surface area contributed by atoms with E-state index >= 15 is 0 Å². The number of hydrogen-bond donors (Lipinski definition) is 0. The van der Waals surface area contributed by atoms with Crippen LogP contribution in [0.2, 0.25) is 0 Å². The van der Waals surface area contributed by atoms with Gasteiger partial charge in [-0.05, 0) is 23.1 Å². The fourth-order valence-corrected chi connectivity index (χ4v) is 8.04. The lowest BCUT2D eigenvalue weighted by atomic mass is 9.84. The molecule has 0 bridgehead atoms. The van der Waals surface area contributed by atoms with E-state index in [1.807, 2.05) is 23.1 Å². The molecule has 3 aromatic carbocycles. The van der Waals surface area contributed by atoms with Gasteiger partial charge in [-0.2, -0.15) is 0 Å². The van der Waals surface area contributed by atoms with Crippen molar-refractivity contribution < 1.29 is 23.9 Å². The molecule has 0 N–H and O–H groups in total. The number of ketones is 1. The molecule has 2 aliphatic heterocycles. The van der Waals surface area contributed by atoms with E-state index in [2.05, 4.69) is 86.0 Å². The highest BCUT2D eigenvalue weighted by molar-refractivity contribution is 8.01. The van der Waals surface area contributed by atoms with Gasteiger partial charge in [0.05, 0.1) is 17.3 Å². The van der Waals surface area contributed by atoms with E-state index in [4.69, 9.17) is 9.47 Å². The van der Waals surface area contributed by atoms with Crippen molar-refractivity contribution >= 4 is 29.7 Å². The van der Waals surface area contributed by atoms with Gasteiger partial charge in [0.15, 0.2) is 5.78 Å². The summed E-state index contributed by atoms with van der Waals surface area (Å²) in [6, 6.07) is 30.6. The lowest BCUT2D eigenvalue weighted by Gasteiger charge is -2.37. The monoisotopic (exact) mass is 639 g/mol. The molecule has 2 atom stereocenters. The summed E-state index contributed by atoms with van der Waals surface area (Å²) in [5.41, 5.74) is 3.37. The summed E-state index contributed by atoms with van der Waals surface area (Å²) in [4.78, 5) is 44.8. The molecule has 0 saturated carbocycles. The van der Waals surface area contributed by atoms with Crippen LogP contribution in [0.5, 0.6) is 0 Å². The summed E-state index contributed by atoms with van der Waals surface area (Å²) in [5.74, 6) is -0.0360. The molecular formula is C37H41N3O5S. The Labute approximate surface area is 275 Å². The number of amides is 2. The second-order valence-electron chi connectivity index (χ2n) is 11.4. The van der Waals surface area contributed by atoms with E-state index in [1.165, 1.54) is 12.2 Å². The van der Waals surface area contributed by atoms with Crippen LogP contribution in [0.1, 0.15) is 23.1 Å². The molecule has 0 unspecified atom stereocenters. The quantitative estimate of drug-likeness (QED) is 0.178. The molecule has 2 fully saturated rings. The molecule has 2 aliphatic rings. The minimum atomic E-state index is -0.634. The van der Waals surface area contributed by atoms with Gasteiger partial charge >= 0.3 is 12.2 Å². The van der Waals surface area contributed by atoms with Crippen molar-refractivity contribution in [3.8, 4) is 0 Å². The zero-order valence-corrected chi connectivity index (χ0v) is 26.9. The predicted octanol–water partition coefficient (Wildman–Crippen LogP) is 5.99.